The summed E-state index contributed by atoms with van der Waals surface area (Å²) in [5, 5.41) is 46.9. The average Bonchev–Trinajstić information content (AvgIpc) is 3.68. The number of carbonyl (C=O) groups is 6. The maximum atomic E-state index is 9.55. The lowest BCUT2D eigenvalue weighted by atomic mass is 10.3. The Bertz CT molecular complexity index is 2290. The molecule has 0 saturated carbocycles. The zero-order valence-corrected chi connectivity index (χ0v) is 40.5. The molecule has 0 radical (unpaired) electrons. The van der Waals surface area contributed by atoms with Gasteiger partial charge >= 0.3 is 35.8 Å². The first kappa shape index (κ1) is 60.4. The lowest BCUT2D eigenvalue weighted by Crippen LogP contribution is -2.29. The maximum Gasteiger partial charge on any atom is 0.328 e. The van der Waals surface area contributed by atoms with E-state index >= 15 is 0 Å². The first-order chi connectivity index (χ1) is 34.4. The van der Waals surface area contributed by atoms with Gasteiger partial charge in [-0.25, -0.2) is 38.7 Å². The zero-order valence-electron chi connectivity index (χ0n) is 40.5. The van der Waals surface area contributed by atoms with Crippen LogP contribution in [0, 0.1) is 24.7 Å². The van der Waals surface area contributed by atoms with Gasteiger partial charge in [0.05, 0.1) is 48.4 Å². The van der Waals surface area contributed by atoms with Gasteiger partial charge in [0.25, 0.3) is 0 Å². The first-order valence-corrected chi connectivity index (χ1v) is 22.6. The molecule has 4 aromatic rings. The SMILES string of the molecule is C#CCOCCn1c(CN2CCCN(C)CC2)nc2ccccc21.C#CCOCCn1c(CN2CCCN(C)CC2)nc2ccccc21.O=C(O)/C=C/C(=O)O.O=C(O)/C=C/C(=O)O.O=C(O)/C=C/C(=O)O. The molecule has 22 nitrogen and oxygen atoms in total. The zero-order chi connectivity index (χ0) is 53.3. The molecule has 2 aliphatic rings. The Kier molecular flexibility index (Phi) is 29.0. The fraction of sp³-hybridized carbons (Fsp3) is 0.400. The van der Waals surface area contributed by atoms with Crippen molar-refractivity contribution in [1.82, 2.24) is 38.7 Å². The van der Waals surface area contributed by atoms with Crippen LogP contribution in [0.5, 0.6) is 0 Å². The van der Waals surface area contributed by atoms with E-state index < -0.39 is 35.8 Å². The number of rotatable bonds is 18. The van der Waals surface area contributed by atoms with Gasteiger partial charge in [-0.3, -0.25) is 9.80 Å². The molecule has 2 aromatic heterocycles. The van der Waals surface area contributed by atoms with E-state index in [-0.39, 0.29) is 0 Å². The van der Waals surface area contributed by atoms with E-state index in [0.29, 0.717) is 62.9 Å². The summed E-state index contributed by atoms with van der Waals surface area (Å²) in [4.78, 5) is 76.9. The van der Waals surface area contributed by atoms with E-state index in [9.17, 15) is 28.8 Å². The summed E-state index contributed by atoms with van der Waals surface area (Å²) in [6.07, 6.45) is 16.3. The number of para-hydroxylation sites is 4. The predicted octanol–water partition coefficient (Wildman–Crippen LogP) is 2.78. The van der Waals surface area contributed by atoms with Crippen LogP contribution < -0.4 is 0 Å². The molecule has 0 amide bonds. The largest absolute Gasteiger partial charge is 0.478 e. The van der Waals surface area contributed by atoms with Crippen molar-refractivity contribution in [2.24, 2.45) is 0 Å². The fourth-order valence-electron chi connectivity index (χ4n) is 6.91. The van der Waals surface area contributed by atoms with Crippen LogP contribution in [0.3, 0.4) is 0 Å². The molecule has 2 saturated heterocycles. The number of terminal acetylenes is 2. The van der Waals surface area contributed by atoms with E-state index in [4.69, 9.17) is 62.9 Å². The molecule has 4 heterocycles. The van der Waals surface area contributed by atoms with Crippen LogP contribution >= 0.6 is 0 Å². The van der Waals surface area contributed by atoms with Gasteiger partial charge in [-0.15, -0.1) is 12.8 Å². The third-order valence-electron chi connectivity index (χ3n) is 10.2. The normalized spacial score (nSPS) is 14.5. The number of carboxylic acid groups (broad SMARTS) is 6. The van der Waals surface area contributed by atoms with E-state index in [1.807, 2.05) is 12.1 Å². The monoisotopic (exact) mass is 1000 g/mol. The van der Waals surface area contributed by atoms with Crippen molar-refractivity contribution in [3.8, 4) is 24.7 Å². The molecular weight excluding hydrogens is 937 g/mol. The minimum atomic E-state index is -1.26. The van der Waals surface area contributed by atoms with Crippen LogP contribution in [0.1, 0.15) is 24.5 Å². The Morgan fingerprint density at radius 3 is 1.14 bits per heavy atom. The van der Waals surface area contributed by atoms with E-state index in [2.05, 4.69) is 91.1 Å². The van der Waals surface area contributed by atoms with E-state index in [1.165, 1.54) is 37.0 Å². The molecule has 6 N–H and O–H groups in total. The van der Waals surface area contributed by atoms with Gasteiger partial charge in [0.2, 0.25) is 0 Å². The highest BCUT2D eigenvalue weighted by molar-refractivity contribution is 5.90. The fourth-order valence-corrected chi connectivity index (χ4v) is 6.91. The number of aromatic nitrogens is 4. The Hall–Kier alpha value is -7.70. The van der Waals surface area contributed by atoms with Crippen LogP contribution in [0.25, 0.3) is 22.1 Å². The minimum absolute atomic E-state index is 0.362. The number of fused-ring (bicyclic) bond motifs is 2. The summed E-state index contributed by atoms with van der Waals surface area (Å²) < 4.78 is 15.5. The van der Waals surface area contributed by atoms with Gasteiger partial charge < -0.3 is 59.0 Å². The Morgan fingerprint density at radius 2 is 0.833 bits per heavy atom. The average molecular weight is 1000 g/mol. The molecule has 2 aliphatic heterocycles. The molecule has 0 unspecified atom stereocenters. The number of imidazole rings is 2. The Morgan fingerprint density at radius 1 is 0.514 bits per heavy atom. The highest BCUT2D eigenvalue weighted by Crippen LogP contribution is 2.20. The van der Waals surface area contributed by atoms with Crippen molar-refractivity contribution in [1.29, 1.82) is 0 Å². The van der Waals surface area contributed by atoms with E-state index in [1.54, 1.807) is 0 Å². The highest BCUT2D eigenvalue weighted by atomic mass is 16.5. The van der Waals surface area contributed by atoms with Crippen LogP contribution in [0.4, 0.5) is 0 Å². The van der Waals surface area contributed by atoms with Crippen molar-refractivity contribution in [3.63, 3.8) is 0 Å². The topological polar surface area (TPSA) is 291 Å². The van der Waals surface area contributed by atoms with Crippen molar-refractivity contribution >= 4 is 57.9 Å². The standard InChI is InChI=1S/2C19H26N4O.3C4H4O4/c2*1-3-14-24-15-13-23-18-8-5-4-7-17(18)20-19(23)16-22-10-6-9-21(2)11-12-22;3*5-3(6)1-2-4(7)8/h2*1,4-5,7-8H,6,9-16H2,2H3;3*1-2H,(H,5,6)(H,7,8)/b;;3*2-1+. The van der Waals surface area contributed by atoms with Gasteiger partial charge in [0, 0.05) is 75.7 Å². The Balaban J connectivity index is 0.000000343. The number of carboxylic acids is 6. The number of likely N-dealkylation sites (N-methyl/N-ethyl adjacent to an activating group) is 2. The first-order valence-electron chi connectivity index (χ1n) is 22.6. The van der Waals surface area contributed by atoms with Gasteiger partial charge in [-0.1, -0.05) is 36.1 Å². The molecule has 0 atom stereocenters. The number of hydrogen-bond acceptors (Lipinski definition) is 14. The summed E-state index contributed by atoms with van der Waals surface area (Å²) in [7, 11) is 4.39. The Labute approximate surface area is 417 Å². The number of ether oxygens (including phenoxy) is 2. The molecule has 2 fully saturated rings. The van der Waals surface area contributed by atoms with Gasteiger partial charge in [0.15, 0.2) is 0 Å². The molecule has 388 valence electrons. The van der Waals surface area contributed by atoms with Crippen molar-refractivity contribution in [3.05, 3.63) is 96.6 Å². The van der Waals surface area contributed by atoms with Crippen LogP contribution in [0.15, 0.2) is 85.0 Å². The van der Waals surface area contributed by atoms with E-state index in [0.717, 1.165) is 88.1 Å². The number of nitrogens with zero attached hydrogens (tertiary/aromatic N) is 8. The summed E-state index contributed by atoms with van der Waals surface area (Å²) in [6.45, 7) is 14.3. The summed E-state index contributed by atoms with van der Waals surface area (Å²) >= 11 is 0. The minimum Gasteiger partial charge on any atom is -0.478 e. The summed E-state index contributed by atoms with van der Waals surface area (Å²) in [6, 6.07) is 16.6. The van der Waals surface area contributed by atoms with Gasteiger partial charge in [0.1, 0.15) is 24.9 Å². The molecule has 2 aromatic carbocycles. The predicted molar refractivity (Wildman–Crippen MR) is 267 cm³/mol. The lowest BCUT2D eigenvalue weighted by Gasteiger charge is -2.20. The van der Waals surface area contributed by atoms with Crippen molar-refractivity contribution < 1.29 is 68.9 Å². The molecule has 6 rings (SSSR count). The molecule has 22 heteroatoms. The van der Waals surface area contributed by atoms with Gasteiger partial charge in [-0.2, -0.15) is 0 Å². The van der Waals surface area contributed by atoms with Crippen molar-refractivity contribution in [2.45, 2.75) is 39.0 Å². The van der Waals surface area contributed by atoms with Crippen LogP contribution in [-0.4, -0.2) is 198 Å². The second kappa shape index (κ2) is 34.6. The number of aliphatic carboxylic acids is 6. The van der Waals surface area contributed by atoms with Crippen molar-refractivity contribution in [2.75, 3.05) is 92.9 Å². The molecule has 0 spiro atoms. The maximum absolute atomic E-state index is 9.55. The summed E-state index contributed by atoms with van der Waals surface area (Å²) in [5.74, 6) is -0.278. The van der Waals surface area contributed by atoms with Crippen LogP contribution in [0.2, 0.25) is 0 Å². The molecule has 0 bridgehead atoms. The third-order valence-corrected chi connectivity index (χ3v) is 10.2. The second-order valence-electron chi connectivity index (χ2n) is 15.7. The molecule has 72 heavy (non-hydrogen) atoms. The second-order valence-corrected chi connectivity index (χ2v) is 15.7. The summed E-state index contributed by atoms with van der Waals surface area (Å²) in [5.41, 5.74) is 4.44. The van der Waals surface area contributed by atoms with Gasteiger partial charge in [-0.05, 0) is 77.4 Å². The highest BCUT2D eigenvalue weighted by Gasteiger charge is 2.19. The molecular formula is C50H64N8O14. The molecule has 0 aliphatic carbocycles. The number of hydrogen-bond donors (Lipinski definition) is 6. The third kappa shape index (κ3) is 25.8. The smallest absolute Gasteiger partial charge is 0.328 e. The van der Waals surface area contributed by atoms with Crippen LogP contribution in [-0.2, 0) is 64.4 Å². The lowest BCUT2D eigenvalue weighted by molar-refractivity contribution is -0.134. The number of benzene rings is 2. The quantitative estimate of drug-likeness (QED) is 0.0475.